The molecule has 0 aliphatic carbocycles. The monoisotopic (exact) mass is 361 g/mol. The van der Waals surface area contributed by atoms with Gasteiger partial charge in [-0.1, -0.05) is 0 Å². The van der Waals surface area contributed by atoms with Gasteiger partial charge < -0.3 is 10.6 Å². The normalized spacial score (nSPS) is 11.6. The minimum absolute atomic E-state index is 0.195. The first-order chi connectivity index (χ1) is 12.2. The van der Waals surface area contributed by atoms with Gasteiger partial charge in [-0.15, -0.1) is 5.10 Å². The number of halogens is 2. The molecular weight excluding hydrogens is 344 g/mol. The summed E-state index contributed by atoms with van der Waals surface area (Å²) in [4.78, 5) is 23.2. The van der Waals surface area contributed by atoms with Crippen molar-refractivity contribution in [3.63, 3.8) is 0 Å². The number of nitrogens with one attached hydrogen (secondary N) is 2. The molecule has 0 saturated heterocycles. The summed E-state index contributed by atoms with van der Waals surface area (Å²) in [5.41, 5.74) is 0.939. The number of hydrogen-bond donors (Lipinski definition) is 2. The van der Waals surface area contributed by atoms with E-state index in [0.29, 0.717) is 28.2 Å². The van der Waals surface area contributed by atoms with E-state index in [1.54, 1.807) is 32.3 Å². The highest BCUT2D eigenvalue weighted by Gasteiger charge is 2.29. The summed E-state index contributed by atoms with van der Waals surface area (Å²) >= 11 is 0. The first-order valence-corrected chi connectivity index (χ1v) is 7.77. The lowest BCUT2D eigenvalue weighted by Gasteiger charge is -2.11. The zero-order chi connectivity index (χ0) is 19.1. The number of carbonyl (C=O) groups is 1. The maximum absolute atomic E-state index is 13.7. The number of alkyl halides is 2. The van der Waals surface area contributed by atoms with Gasteiger partial charge in [-0.05, 0) is 6.92 Å². The predicted octanol–water partition coefficient (Wildman–Crippen LogP) is 2.63. The molecule has 10 heteroatoms. The number of aryl methyl sites for hydroxylation is 1. The van der Waals surface area contributed by atoms with E-state index in [2.05, 4.69) is 30.7 Å². The molecule has 0 aromatic carbocycles. The summed E-state index contributed by atoms with van der Waals surface area (Å²) in [6, 6.07) is 3.16. The van der Waals surface area contributed by atoms with Gasteiger partial charge >= 0.3 is 5.92 Å². The van der Waals surface area contributed by atoms with Crippen molar-refractivity contribution in [1.82, 2.24) is 24.7 Å². The number of nitrogens with zero attached hydrogens (tertiary/aromatic N) is 5. The summed E-state index contributed by atoms with van der Waals surface area (Å²) in [6.45, 7) is 3.71. The van der Waals surface area contributed by atoms with Gasteiger partial charge in [0.2, 0.25) is 11.7 Å². The maximum Gasteiger partial charge on any atom is 0.303 e. The Morgan fingerprint density at radius 3 is 2.62 bits per heavy atom. The van der Waals surface area contributed by atoms with E-state index in [4.69, 9.17) is 0 Å². The molecule has 1 amide bonds. The smallest absolute Gasteiger partial charge is 0.303 e. The number of amides is 1. The molecule has 3 aromatic rings. The molecule has 2 N–H and O–H groups in total. The summed E-state index contributed by atoms with van der Waals surface area (Å²) in [7, 11) is 1.69. The molecule has 0 bridgehead atoms. The van der Waals surface area contributed by atoms with Gasteiger partial charge in [0.1, 0.15) is 5.82 Å². The second kappa shape index (κ2) is 6.28. The minimum Gasteiger partial charge on any atom is -0.371 e. The molecule has 3 aromatic heterocycles. The van der Waals surface area contributed by atoms with Crippen LogP contribution in [0.4, 0.5) is 20.4 Å². The molecule has 0 saturated carbocycles. The third-order valence-corrected chi connectivity index (χ3v) is 3.56. The van der Waals surface area contributed by atoms with Gasteiger partial charge in [0.05, 0.1) is 10.9 Å². The van der Waals surface area contributed by atoms with Gasteiger partial charge in [-0.3, -0.25) is 4.79 Å². The van der Waals surface area contributed by atoms with Crippen molar-refractivity contribution in [2.24, 2.45) is 0 Å². The van der Waals surface area contributed by atoms with Crippen molar-refractivity contribution in [2.45, 2.75) is 26.7 Å². The summed E-state index contributed by atoms with van der Waals surface area (Å²) in [5.74, 6) is -3.02. The van der Waals surface area contributed by atoms with Crippen LogP contribution in [-0.2, 0) is 10.7 Å². The molecule has 0 unspecified atom stereocenters. The number of rotatable bonds is 4. The van der Waals surface area contributed by atoms with Gasteiger partial charge in [-0.25, -0.2) is 19.6 Å². The fourth-order valence-electron chi connectivity index (χ4n) is 2.47. The standard InChI is InChI=1S/C16H17F2N7O/c1-8-5-13(23-15(21-8)16(3,17)18)25-11-6-12(22-9(2)26)20-7-10(11)14(19-4)24-25/h5-7H,1-4H3,(H,19,24)(H,20,22,26). The molecule has 8 nitrogen and oxygen atoms in total. The van der Waals surface area contributed by atoms with Gasteiger partial charge in [0.15, 0.2) is 11.6 Å². The molecule has 0 atom stereocenters. The summed E-state index contributed by atoms with van der Waals surface area (Å²) < 4.78 is 28.8. The number of fused-ring (bicyclic) bond motifs is 1. The first kappa shape index (κ1) is 17.6. The summed E-state index contributed by atoms with van der Waals surface area (Å²) in [6.07, 6.45) is 1.54. The second-order valence-corrected chi connectivity index (χ2v) is 5.86. The van der Waals surface area contributed by atoms with Crippen LogP contribution in [0.2, 0.25) is 0 Å². The predicted molar refractivity (Wildman–Crippen MR) is 92.6 cm³/mol. The highest BCUT2D eigenvalue weighted by Crippen LogP contribution is 2.28. The molecule has 0 aliphatic heterocycles. The van der Waals surface area contributed by atoms with Crippen LogP contribution >= 0.6 is 0 Å². The van der Waals surface area contributed by atoms with Crippen molar-refractivity contribution >= 4 is 28.4 Å². The molecule has 0 spiro atoms. The number of carbonyl (C=O) groups excluding carboxylic acids is 1. The molecule has 0 fully saturated rings. The van der Waals surface area contributed by atoms with Crippen molar-refractivity contribution < 1.29 is 13.6 Å². The van der Waals surface area contributed by atoms with E-state index in [0.717, 1.165) is 6.92 Å². The lowest BCUT2D eigenvalue weighted by atomic mass is 10.3. The second-order valence-electron chi connectivity index (χ2n) is 5.86. The van der Waals surface area contributed by atoms with Crippen molar-refractivity contribution in [2.75, 3.05) is 17.7 Å². The van der Waals surface area contributed by atoms with Gasteiger partial charge in [0, 0.05) is 44.9 Å². The van der Waals surface area contributed by atoms with E-state index >= 15 is 0 Å². The third-order valence-electron chi connectivity index (χ3n) is 3.56. The Hall–Kier alpha value is -3.17. The van der Waals surface area contributed by atoms with E-state index in [9.17, 15) is 13.6 Å². The van der Waals surface area contributed by atoms with Crippen LogP contribution < -0.4 is 10.6 Å². The van der Waals surface area contributed by atoms with Crippen molar-refractivity contribution in [1.29, 1.82) is 0 Å². The number of hydrogen-bond acceptors (Lipinski definition) is 6. The topological polar surface area (TPSA) is 97.6 Å². The van der Waals surface area contributed by atoms with Crippen LogP contribution in [0, 0.1) is 6.92 Å². The molecule has 0 aliphatic rings. The highest BCUT2D eigenvalue weighted by molar-refractivity contribution is 5.94. The average Bonchev–Trinajstić information content (AvgIpc) is 2.91. The zero-order valence-electron chi connectivity index (χ0n) is 14.6. The zero-order valence-corrected chi connectivity index (χ0v) is 14.6. The molecule has 3 heterocycles. The van der Waals surface area contributed by atoms with E-state index in [-0.39, 0.29) is 11.7 Å². The number of pyridine rings is 1. The van der Waals surface area contributed by atoms with Gasteiger partial charge in [0.25, 0.3) is 0 Å². The SMILES string of the molecule is CNc1nn(-c2cc(C)nc(C(C)(F)F)n2)c2cc(NC(C)=O)ncc12. The Morgan fingerprint density at radius 1 is 1.27 bits per heavy atom. The molecule has 136 valence electrons. The van der Waals surface area contributed by atoms with Crippen LogP contribution in [0.25, 0.3) is 16.7 Å². The average molecular weight is 361 g/mol. The Morgan fingerprint density at radius 2 is 2.00 bits per heavy atom. The van der Waals surface area contributed by atoms with Crippen LogP contribution in [-0.4, -0.2) is 37.7 Å². The van der Waals surface area contributed by atoms with E-state index in [1.165, 1.54) is 11.6 Å². The first-order valence-electron chi connectivity index (χ1n) is 7.77. The Bertz CT molecular complexity index is 994. The highest BCUT2D eigenvalue weighted by atomic mass is 19.3. The molecule has 26 heavy (non-hydrogen) atoms. The lowest BCUT2D eigenvalue weighted by molar-refractivity contribution is -0.114. The Kier molecular flexibility index (Phi) is 4.26. The van der Waals surface area contributed by atoms with E-state index < -0.39 is 11.7 Å². The third kappa shape index (κ3) is 3.30. The van der Waals surface area contributed by atoms with Crippen LogP contribution in [0.1, 0.15) is 25.4 Å². The Balaban J connectivity index is 2.24. The minimum atomic E-state index is -3.18. The largest absolute Gasteiger partial charge is 0.371 e. The molecule has 3 rings (SSSR count). The quantitative estimate of drug-likeness (QED) is 0.741. The maximum atomic E-state index is 13.7. The fourth-order valence-corrected chi connectivity index (χ4v) is 2.47. The molecule has 0 radical (unpaired) electrons. The number of aromatic nitrogens is 5. The van der Waals surface area contributed by atoms with Crippen LogP contribution in [0.5, 0.6) is 0 Å². The Labute approximate surface area is 147 Å². The van der Waals surface area contributed by atoms with E-state index in [1.807, 2.05) is 0 Å². The van der Waals surface area contributed by atoms with Gasteiger partial charge in [-0.2, -0.15) is 8.78 Å². The number of anilines is 2. The van der Waals surface area contributed by atoms with Crippen LogP contribution in [0.15, 0.2) is 18.3 Å². The van der Waals surface area contributed by atoms with Crippen LogP contribution in [0.3, 0.4) is 0 Å². The van der Waals surface area contributed by atoms with Crippen molar-refractivity contribution in [3.05, 3.63) is 29.8 Å². The lowest BCUT2D eigenvalue weighted by Crippen LogP contribution is -2.16. The molecular formula is C16H17F2N7O. The fraction of sp³-hybridized carbons (Fsp3) is 0.312. The van der Waals surface area contributed by atoms with Crippen molar-refractivity contribution in [3.8, 4) is 5.82 Å². The summed E-state index contributed by atoms with van der Waals surface area (Å²) in [5, 5.41) is 10.6.